The Morgan fingerprint density at radius 1 is 0.565 bits per heavy atom. The zero-order chi connectivity index (χ0) is 60.5. The summed E-state index contributed by atoms with van der Waals surface area (Å²) < 4.78 is 69.4. The highest BCUT2D eigenvalue weighted by Gasteiger charge is 2.35. The maximum atomic E-state index is 13.0. The van der Waals surface area contributed by atoms with Crippen molar-refractivity contribution in [1.29, 1.82) is 0 Å². The van der Waals surface area contributed by atoms with Crippen molar-refractivity contribution < 1.29 is 60.8 Å². The van der Waals surface area contributed by atoms with Crippen LogP contribution in [-0.2, 0) is 46.1 Å². The van der Waals surface area contributed by atoms with E-state index in [-0.39, 0.29) is 28.8 Å². The van der Waals surface area contributed by atoms with Crippen LogP contribution < -0.4 is 28.9 Å². The number of carbonyl (C=O) groups excluding carboxylic acids is 4. The standard InChI is InChI=1S/C22H24ClNO3.C22H22ClNO3.C14H17NO3.C8H4ClF3O/c2*1-14-9-15(3-4-19(14)23)10-17-11-16-12-20(24-5-7-27-8-6-24)21(26-2)13-18(16)22(17)25;1-17-14-9-11-10(2-3-13(11)16)8-12(14)15-4-6-18-7-5-15;9-7-2-1-5(4-13)3-6(7)8(10,11)12/h3-4,9,12-13,17H,5-8,10-11H2,1-2H3;3-4,9-10,12-13H,5-8,11H2,1-2H3;8-9H,2-7H2,1H3;1-4H/b;17-10+;;. The zero-order valence-corrected chi connectivity index (χ0v) is 50.4. The maximum Gasteiger partial charge on any atom is 0.417 e. The number of halogens is 6. The smallest absolute Gasteiger partial charge is 0.417 e. The van der Waals surface area contributed by atoms with E-state index in [1.165, 1.54) is 6.07 Å². The molecule has 6 aromatic carbocycles. The van der Waals surface area contributed by atoms with Crippen LogP contribution in [0.1, 0.15) is 92.4 Å². The van der Waals surface area contributed by atoms with E-state index in [0.717, 1.165) is 203 Å². The normalized spacial score (nSPS) is 17.6. The first-order valence-corrected chi connectivity index (χ1v) is 29.3. The van der Waals surface area contributed by atoms with Gasteiger partial charge in [-0.3, -0.25) is 19.2 Å². The van der Waals surface area contributed by atoms with Crippen molar-refractivity contribution >= 4 is 81.6 Å². The molecule has 0 amide bonds. The van der Waals surface area contributed by atoms with Crippen LogP contribution in [0.4, 0.5) is 30.2 Å². The number of ketones is 3. The molecule has 85 heavy (non-hydrogen) atoms. The van der Waals surface area contributed by atoms with Crippen molar-refractivity contribution in [3.63, 3.8) is 0 Å². The quantitative estimate of drug-likeness (QED) is 0.0952. The van der Waals surface area contributed by atoms with Crippen LogP contribution in [0.5, 0.6) is 17.2 Å². The van der Waals surface area contributed by atoms with Crippen molar-refractivity contribution in [3.05, 3.63) is 178 Å². The Morgan fingerprint density at radius 3 is 1.56 bits per heavy atom. The molecule has 12 rings (SSSR count). The van der Waals surface area contributed by atoms with Crippen LogP contribution in [-0.4, -0.2) is 124 Å². The number of carbonyl (C=O) groups is 4. The number of aryl methyl sites for hydroxylation is 3. The second-order valence-corrected chi connectivity index (χ2v) is 22.6. The van der Waals surface area contributed by atoms with Crippen LogP contribution >= 0.6 is 34.8 Å². The molecular formula is C66H67Cl3F3N3O10. The van der Waals surface area contributed by atoms with E-state index in [1.807, 2.05) is 68.5 Å². The van der Waals surface area contributed by atoms with Gasteiger partial charge in [0.25, 0.3) is 0 Å². The van der Waals surface area contributed by atoms with Gasteiger partial charge in [0.2, 0.25) is 0 Å². The van der Waals surface area contributed by atoms with Crippen molar-refractivity contribution in [3.8, 4) is 17.2 Å². The second kappa shape index (κ2) is 28.1. The Bertz CT molecular complexity index is 3500. The fourth-order valence-electron chi connectivity index (χ4n) is 11.3. The number of nitrogens with zero attached hydrogens (tertiary/aromatic N) is 3. The molecule has 3 heterocycles. The Hall–Kier alpha value is -6.92. The first-order chi connectivity index (χ1) is 40.9. The number of anilines is 3. The van der Waals surface area contributed by atoms with Gasteiger partial charge < -0.3 is 43.1 Å². The third-order valence-corrected chi connectivity index (χ3v) is 17.0. The van der Waals surface area contributed by atoms with Crippen LogP contribution in [0, 0.1) is 19.8 Å². The van der Waals surface area contributed by atoms with E-state index in [9.17, 15) is 32.3 Å². The van der Waals surface area contributed by atoms with E-state index in [4.69, 9.17) is 63.2 Å². The highest BCUT2D eigenvalue weighted by molar-refractivity contribution is 6.32. The molecule has 0 saturated carbocycles. The van der Waals surface area contributed by atoms with Gasteiger partial charge in [-0.15, -0.1) is 0 Å². The van der Waals surface area contributed by atoms with Gasteiger partial charge in [0.15, 0.2) is 17.3 Å². The van der Waals surface area contributed by atoms with Gasteiger partial charge in [-0.25, -0.2) is 0 Å². The van der Waals surface area contributed by atoms with Gasteiger partial charge in [0.05, 0.1) is 88.6 Å². The molecule has 6 aliphatic rings. The summed E-state index contributed by atoms with van der Waals surface area (Å²) in [5, 5.41) is 1.09. The molecular weight excluding hydrogens is 1160 g/mol. The molecule has 3 aliphatic carbocycles. The number of methoxy groups -OCH3 is 3. The van der Waals surface area contributed by atoms with E-state index >= 15 is 0 Å². The Balaban J connectivity index is 0.000000141. The minimum atomic E-state index is -4.52. The van der Waals surface area contributed by atoms with Crippen LogP contribution in [0.25, 0.3) is 6.08 Å². The summed E-state index contributed by atoms with van der Waals surface area (Å²) >= 11 is 17.5. The SMILES string of the molecule is COc1cc2c(cc1N1CCOCC1)C/C(=C\c1ccc(Cl)c(C)c1)C2=O.COc1cc2c(cc1N1CCOCC1)CC(Cc1ccc(Cl)c(C)c1)C2=O.COc1cc2c(cc1N1CCOCC1)CCC2=O.O=Cc1ccc(Cl)c(C(F)(F)F)c1. The minimum Gasteiger partial charge on any atom is -0.495 e. The second-order valence-electron chi connectivity index (χ2n) is 21.4. The first kappa shape index (κ1) is 62.6. The predicted molar refractivity (Wildman–Crippen MR) is 326 cm³/mol. The molecule has 0 aromatic heterocycles. The summed E-state index contributed by atoms with van der Waals surface area (Å²) in [6.07, 6.45) is 1.42. The van der Waals surface area contributed by atoms with Gasteiger partial charge in [0, 0.05) is 95.9 Å². The number of rotatable bonds is 10. The molecule has 6 aromatic rings. The third-order valence-electron chi connectivity index (χ3n) is 15.9. The fraction of sp³-hybridized carbons (Fsp3) is 0.364. The van der Waals surface area contributed by atoms with Crippen LogP contribution in [0.2, 0.25) is 15.1 Å². The lowest BCUT2D eigenvalue weighted by Gasteiger charge is -2.30. The van der Waals surface area contributed by atoms with E-state index in [0.29, 0.717) is 32.3 Å². The number of allylic oxidation sites excluding steroid dienone is 1. The molecule has 0 radical (unpaired) electrons. The van der Waals surface area contributed by atoms with Crippen molar-refractivity contribution in [2.75, 3.05) is 115 Å². The Labute approximate surface area is 508 Å². The van der Waals surface area contributed by atoms with Gasteiger partial charge in [-0.05, 0) is 139 Å². The summed E-state index contributed by atoms with van der Waals surface area (Å²) in [6, 6.07) is 26.9. The summed E-state index contributed by atoms with van der Waals surface area (Å²) in [5.41, 5.74) is 12.9. The number of hydrogen-bond donors (Lipinski definition) is 0. The zero-order valence-electron chi connectivity index (χ0n) is 48.1. The topological polar surface area (TPSA) is 133 Å². The molecule has 3 fully saturated rings. The molecule has 3 aliphatic heterocycles. The van der Waals surface area contributed by atoms with Crippen LogP contribution in [0.3, 0.4) is 0 Å². The number of benzene rings is 6. The lowest BCUT2D eigenvalue weighted by atomic mass is 9.95. The Kier molecular flexibility index (Phi) is 20.7. The Morgan fingerprint density at radius 2 is 1.05 bits per heavy atom. The lowest BCUT2D eigenvalue weighted by molar-refractivity contribution is -0.137. The molecule has 0 N–H and O–H groups in total. The van der Waals surface area contributed by atoms with Crippen molar-refractivity contribution in [2.24, 2.45) is 5.92 Å². The van der Waals surface area contributed by atoms with Gasteiger partial charge in [-0.1, -0.05) is 65.1 Å². The van der Waals surface area contributed by atoms with E-state index in [2.05, 4.69) is 39.0 Å². The van der Waals surface area contributed by atoms with Crippen molar-refractivity contribution in [2.45, 2.75) is 52.1 Å². The molecule has 0 bridgehead atoms. The molecule has 448 valence electrons. The number of hydrogen-bond acceptors (Lipinski definition) is 13. The minimum absolute atomic E-state index is 0.0229. The number of alkyl halides is 3. The highest BCUT2D eigenvalue weighted by atomic mass is 35.5. The van der Waals surface area contributed by atoms with Crippen molar-refractivity contribution in [1.82, 2.24) is 0 Å². The predicted octanol–water partition coefficient (Wildman–Crippen LogP) is 13.2. The molecule has 3 saturated heterocycles. The number of morpholine rings is 3. The monoisotopic (exact) mass is 1220 g/mol. The fourth-order valence-corrected chi connectivity index (χ4v) is 11.8. The third kappa shape index (κ3) is 14.8. The average molecular weight is 1230 g/mol. The van der Waals surface area contributed by atoms with Gasteiger partial charge in [-0.2, -0.15) is 13.2 Å². The highest BCUT2D eigenvalue weighted by Crippen LogP contribution is 2.42. The maximum absolute atomic E-state index is 13.0. The number of fused-ring (bicyclic) bond motifs is 3. The number of aldehydes is 1. The molecule has 0 spiro atoms. The molecule has 1 unspecified atom stereocenters. The summed E-state index contributed by atoms with van der Waals surface area (Å²) in [5.74, 6) is 2.81. The summed E-state index contributed by atoms with van der Waals surface area (Å²) in [4.78, 5) is 54.6. The molecule has 1 atom stereocenters. The van der Waals surface area contributed by atoms with E-state index in [1.54, 1.807) is 21.3 Å². The molecule has 19 heteroatoms. The van der Waals surface area contributed by atoms with Gasteiger partial charge in [0.1, 0.15) is 23.5 Å². The summed E-state index contributed by atoms with van der Waals surface area (Å²) in [7, 11) is 4.97. The first-order valence-electron chi connectivity index (χ1n) is 28.1. The average Bonchev–Trinajstić information content (AvgIpc) is 2.42. The molecule has 13 nitrogen and oxygen atoms in total. The van der Waals surface area contributed by atoms with E-state index < -0.39 is 16.8 Å². The van der Waals surface area contributed by atoms with Crippen LogP contribution in [0.15, 0.2) is 96.6 Å². The number of ether oxygens (including phenoxy) is 6. The number of Topliss-reactive ketones (excluding diaryl/α,β-unsaturated/α-hetero) is 3. The summed E-state index contributed by atoms with van der Waals surface area (Å²) in [6.45, 7) is 13.4. The largest absolute Gasteiger partial charge is 0.495 e. The van der Waals surface area contributed by atoms with Gasteiger partial charge >= 0.3 is 6.18 Å². The lowest BCUT2D eigenvalue weighted by Crippen LogP contribution is -2.36.